The van der Waals surface area contributed by atoms with Crippen LogP contribution in [-0.2, 0) is 14.2 Å². The van der Waals surface area contributed by atoms with E-state index in [1.807, 2.05) is 0 Å². The highest BCUT2D eigenvalue weighted by Gasteiger charge is 2.22. The van der Waals surface area contributed by atoms with Crippen LogP contribution in [0.4, 0.5) is 0 Å². The van der Waals surface area contributed by atoms with Crippen LogP contribution in [0.25, 0.3) is 0 Å². The second kappa shape index (κ2) is 10.6. The lowest BCUT2D eigenvalue weighted by Gasteiger charge is -2.36. The highest BCUT2D eigenvalue weighted by atomic mass is 16.5. The molecule has 0 aromatic heterocycles. The van der Waals surface area contributed by atoms with Gasteiger partial charge in [-0.3, -0.25) is 4.90 Å². The van der Waals surface area contributed by atoms with Gasteiger partial charge in [0.15, 0.2) is 0 Å². The Morgan fingerprint density at radius 1 is 1.32 bits per heavy atom. The molecule has 19 heavy (non-hydrogen) atoms. The molecule has 0 amide bonds. The topological polar surface area (TPSA) is 43.0 Å². The SMILES string of the molecule is COCCCOCCN1CCOCC1CNC(C)C. The van der Waals surface area contributed by atoms with Crippen LogP contribution in [0.3, 0.4) is 0 Å². The molecule has 1 atom stereocenters. The van der Waals surface area contributed by atoms with E-state index in [-0.39, 0.29) is 0 Å². The molecule has 1 aliphatic rings. The smallest absolute Gasteiger partial charge is 0.0634 e. The predicted molar refractivity (Wildman–Crippen MR) is 76.6 cm³/mol. The van der Waals surface area contributed by atoms with Crippen LogP contribution >= 0.6 is 0 Å². The third-order valence-electron chi connectivity index (χ3n) is 3.27. The van der Waals surface area contributed by atoms with Gasteiger partial charge in [-0.25, -0.2) is 0 Å². The lowest BCUT2D eigenvalue weighted by atomic mass is 10.2. The van der Waals surface area contributed by atoms with Gasteiger partial charge in [0.2, 0.25) is 0 Å². The molecule has 0 aromatic rings. The first-order chi connectivity index (χ1) is 9.24. The summed E-state index contributed by atoms with van der Waals surface area (Å²) >= 11 is 0. The average molecular weight is 274 g/mol. The molecule has 0 aromatic carbocycles. The Bertz CT molecular complexity index is 215. The summed E-state index contributed by atoms with van der Waals surface area (Å²) in [5.41, 5.74) is 0. The summed E-state index contributed by atoms with van der Waals surface area (Å²) in [5.74, 6) is 0. The minimum atomic E-state index is 0.471. The summed E-state index contributed by atoms with van der Waals surface area (Å²) in [7, 11) is 1.72. The van der Waals surface area contributed by atoms with Gasteiger partial charge in [-0.15, -0.1) is 0 Å². The maximum absolute atomic E-state index is 5.63. The summed E-state index contributed by atoms with van der Waals surface area (Å²) in [4.78, 5) is 2.47. The third kappa shape index (κ3) is 7.84. The maximum Gasteiger partial charge on any atom is 0.0634 e. The molecule has 0 aliphatic carbocycles. The maximum atomic E-state index is 5.63. The Balaban J connectivity index is 2.13. The molecule has 114 valence electrons. The molecule has 1 aliphatic heterocycles. The summed E-state index contributed by atoms with van der Waals surface area (Å²) in [6, 6.07) is 0.993. The van der Waals surface area contributed by atoms with Crippen molar-refractivity contribution in [2.75, 3.05) is 59.8 Å². The molecule has 1 unspecified atom stereocenters. The minimum absolute atomic E-state index is 0.471. The summed E-state index contributed by atoms with van der Waals surface area (Å²) in [6.07, 6.45) is 0.970. The van der Waals surface area contributed by atoms with Crippen molar-refractivity contribution in [1.82, 2.24) is 10.2 Å². The van der Waals surface area contributed by atoms with Gasteiger partial charge in [0.05, 0.1) is 19.8 Å². The molecular formula is C14H30N2O3. The highest BCUT2D eigenvalue weighted by Crippen LogP contribution is 2.06. The molecule has 1 fully saturated rings. The van der Waals surface area contributed by atoms with Gasteiger partial charge in [0, 0.05) is 52.0 Å². The molecule has 1 N–H and O–H groups in total. The van der Waals surface area contributed by atoms with Crippen molar-refractivity contribution >= 4 is 0 Å². The number of nitrogens with one attached hydrogen (secondary N) is 1. The number of morpholine rings is 1. The van der Waals surface area contributed by atoms with E-state index in [0.717, 1.165) is 59.1 Å². The van der Waals surface area contributed by atoms with Crippen molar-refractivity contribution in [3.63, 3.8) is 0 Å². The number of hydrogen-bond donors (Lipinski definition) is 1. The quantitative estimate of drug-likeness (QED) is 0.595. The molecule has 1 saturated heterocycles. The first kappa shape index (κ1) is 16.9. The minimum Gasteiger partial charge on any atom is -0.385 e. The van der Waals surface area contributed by atoms with Crippen molar-refractivity contribution in [3.8, 4) is 0 Å². The van der Waals surface area contributed by atoms with E-state index in [1.165, 1.54) is 0 Å². The van der Waals surface area contributed by atoms with E-state index in [0.29, 0.717) is 12.1 Å². The zero-order valence-electron chi connectivity index (χ0n) is 12.7. The van der Waals surface area contributed by atoms with Gasteiger partial charge in [-0.05, 0) is 6.42 Å². The second-order valence-corrected chi connectivity index (χ2v) is 5.29. The Kier molecular flexibility index (Phi) is 9.38. The van der Waals surface area contributed by atoms with E-state index < -0.39 is 0 Å². The van der Waals surface area contributed by atoms with Crippen LogP contribution in [0.5, 0.6) is 0 Å². The summed E-state index contributed by atoms with van der Waals surface area (Å²) in [5, 5.41) is 3.48. The van der Waals surface area contributed by atoms with Gasteiger partial charge < -0.3 is 19.5 Å². The lowest BCUT2D eigenvalue weighted by Crippen LogP contribution is -2.52. The fraction of sp³-hybridized carbons (Fsp3) is 1.00. The standard InChI is InChI=1S/C14H30N2O3/c1-13(2)15-11-14-12-19-10-6-16(14)5-9-18-8-4-7-17-3/h13-15H,4-12H2,1-3H3. The largest absolute Gasteiger partial charge is 0.385 e. The van der Waals surface area contributed by atoms with Gasteiger partial charge >= 0.3 is 0 Å². The van der Waals surface area contributed by atoms with E-state index in [4.69, 9.17) is 14.2 Å². The molecule has 0 bridgehead atoms. The van der Waals surface area contributed by atoms with Crippen molar-refractivity contribution in [1.29, 1.82) is 0 Å². The fourth-order valence-electron chi connectivity index (χ4n) is 2.13. The van der Waals surface area contributed by atoms with Crippen LogP contribution < -0.4 is 5.32 Å². The predicted octanol–water partition coefficient (Wildman–Crippen LogP) is 0.738. The number of rotatable bonds is 10. The van der Waals surface area contributed by atoms with Gasteiger partial charge in [0.1, 0.15) is 0 Å². The van der Waals surface area contributed by atoms with Crippen LogP contribution in [-0.4, -0.2) is 76.8 Å². The number of ether oxygens (including phenoxy) is 3. The van der Waals surface area contributed by atoms with E-state index in [9.17, 15) is 0 Å². The Hall–Kier alpha value is -0.200. The van der Waals surface area contributed by atoms with Crippen LogP contribution in [0, 0.1) is 0 Å². The fourth-order valence-corrected chi connectivity index (χ4v) is 2.13. The normalized spacial score (nSPS) is 21.2. The number of nitrogens with zero attached hydrogens (tertiary/aromatic N) is 1. The molecule has 5 heteroatoms. The number of methoxy groups -OCH3 is 1. The second-order valence-electron chi connectivity index (χ2n) is 5.29. The van der Waals surface area contributed by atoms with Crippen molar-refractivity contribution < 1.29 is 14.2 Å². The van der Waals surface area contributed by atoms with Gasteiger partial charge in [-0.2, -0.15) is 0 Å². The molecular weight excluding hydrogens is 244 g/mol. The van der Waals surface area contributed by atoms with E-state index in [1.54, 1.807) is 7.11 Å². The number of hydrogen-bond acceptors (Lipinski definition) is 5. The van der Waals surface area contributed by atoms with Gasteiger partial charge in [-0.1, -0.05) is 13.8 Å². The molecule has 5 nitrogen and oxygen atoms in total. The molecule has 0 spiro atoms. The Morgan fingerprint density at radius 2 is 2.16 bits per heavy atom. The van der Waals surface area contributed by atoms with Crippen LogP contribution in [0.15, 0.2) is 0 Å². The Labute approximate surface area is 117 Å². The van der Waals surface area contributed by atoms with Crippen LogP contribution in [0.1, 0.15) is 20.3 Å². The van der Waals surface area contributed by atoms with Gasteiger partial charge in [0.25, 0.3) is 0 Å². The first-order valence-corrected chi connectivity index (χ1v) is 7.36. The monoisotopic (exact) mass is 274 g/mol. The van der Waals surface area contributed by atoms with Crippen molar-refractivity contribution in [2.24, 2.45) is 0 Å². The molecule has 1 rings (SSSR count). The van der Waals surface area contributed by atoms with Crippen LogP contribution in [0.2, 0.25) is 0 Å². The van der Waals surface area contributed by atoms with Crippen molar-refractivity contribution in [2.45, 2.75) is 32.4 Å². The molecule has 1 heterocycles. The molecule has 0 radical (unpaired) electrons. The summed E-state index contributed by atoms with van der Waals surface area (Å²) in [6.45, 7) is 11.3. The highest BCUT2D eigenvalue weighted by molar-refractivity contribution is 4.78. The first-order valence-electron chi connectivity index (χ1n) is 7.36. The summed E-state index contributed by atoms with van der Waals surface area (Å²) < 4.78 is 16.2. The zero-order chi connectivity index (χ0) is 13.9. The zero-order valence-corrected chi connectivity index (χ0v) is 12.7. The average Bonchev–Trinajstić information content (AvgIpc) is 2.41. The van der Waals surface area contributed by atoms with E-state index >= 15 is 0 Å². The van der Waals surface area contributed by atoms with E-state index in [2.05, 4.69) is 24.1 Å². The molecule has 0 saturated carbocycles. The lowest BCUT2D eigenvalue weighted by molar-refractivity contribution is -0.0209. The van der Waals surface area contributed by atoms with Crippen molar-refractivity contribution in [3.05, 3.63) is 0 Å². The third-order valence-corrected chi connectivity index (χ3v) is 3.27. The Morgan fingerprint density at radius 3 is 2.89 bits per heavy atom.